The largest absolute Gasteiger partial charge is 0.354 e. The van der Waals surface area contributed by atoms with E-state index in [1.54, 1.807) is 19.1 Å². The summed E-state index contributed by atoms with van der Waals surface area (Å²) in [5.74, 6) is -0.126. The first-order valence-electron chi connectivity index (χ1n) is 11.0. The van der Waals surface area contributed by atoms with Crippen LogP contribution in [0.1, 0.15) is 32.8 Å². The van der Waals surface area contributed by atoms with E-state index in [1.807, 2.05) is 30.3 Å². The number of tetrazole rings is 1. The van der Waals surface area contributed by atoms with Crippen LogP contribution in [-0.2, 0) is 22.7 Å². The number of aromatic nitrogens is 4. The fraction of sp³-hybridized carbons (Fsp3) is 0.375. The van der Waals surface area contributed by atoms with Gasteiger partial charge in [-0.3, -0.25) is 9.59 Å². The van der Waals surface area contributed by atoms with Gasteiger partial charge in [0.05, 0.1) is 0 Å². The molecule has 3 rings (SSSR count). The van der Waals surface area contributed by atoms with Crippen LogP contribution >= 0.6 is 0 Å². The minimum atomic E-state index is -0.676. The average molecular weight is 453 g/mol. The quantitative estimate of drug-likeness (QED) is 0.510. The lowest BCUT2D eigenvalue weighted by Crippen LogP contribution is -2.49. The first kappa shape index (κ1) is 24.0. The molecule has 2 amide bonds. The molecule has 0 aliphatic rings. The molecule has 1 atom stereocenters. The zero-order valence-electron chi connectivity index (χ0n) is 19.1. The Hall–Kier alpha value is -3.62. The fourth-order valence-electron chi connectivity index (χ4n) is 3.23. The van der Waals surface area contributed by atoms with E-state index in [0.29, 0.717) is 18.0 Å². The Morgan fingerprint density at radius 3 is 2.42 bits per heavy atom. The van der Waals surface area contributed by atoms with Crippen molar-refractivity contribution in [2.75, 3.05) is 6.54 Å². The van der Waals surface area contributed by atoms with Crippen molar-refractivity contribution < 1.29 is 14.0 Å². The van der Waals surface area contributed by atoms with Gasteiger partial charge in [0.15, 0.2) is 0 Å². The van der Waals surface area contributed by atoms with E-state index in [2.05, 4.69) is 34.6 Å². The molecule has 1 N–H and O–H groups in total. The fourth-order valence-corrected chi connectivity index (χ4v) is 3.23. The van der Waals surface area contributed by atoms with Gasteiger partial charge in [0.2, 0.25) is 17.6 Å². The molecule has 0 aliphatic carbocycles. The predicted octanol–water partition coefficient (Wildman–Crippen LogP) is 3.06. The summed E-state index contributed by atoms with van der Waals surface area (Å²) < 4.78 is 13.2. The number of hydrogen-bond acceptors (Lipinski definition) is 5. The van der Waals surface area contributed by atoms with E-state index in [1.165, 1.54) is 21.8 Å². The summed E-state index contributed by atoms with van der Waals surface area (Å²) in [6.07, 6.45) is 0.861. The van der Waals surface area contributed by atoms with Crippen molar-refractivity contribution in [2.45, 2.75) is 46.3 Å². The molecule has 0 saturated heterocycles. The van der Waals surface area contributed by atoms with E-state index < -0.39 is 6.04 Å². The summed E-state index contributed by atoms with van der Waals surface area (Å²) in [5.41, 5.74) is 1.50. The smallest absolute Gasteiger partial charge is 0.247 e. The van der Waals surface area contributed by atoms with Crippen molar-refractivity contribution in [3.63, 3.8) is 0 Å². The number of nitrogens with zero attached hydrogens (tertiary/aromatic N) is 5. The van der Waals surface area contributed by atoms with Gasteiger partial charge in [0, 0.05) is 18.7 Å². The number of benzene rings is 2. The average Bonchev–Trinajstić information content (AvgIpc) is 3.26. The Kier molecular flexibility index (Phi) is 8.23. The molecular formula is C24H29FN6O2. The van der Waals surface area contributed by atoms with Crippen LogP contribution in [0.25, 0.3) is 11.4 Å². The van der Waals surface area contributed by atoms with Gasteiger partial charge in [-0.15, -0.1) is 10.2 Å². The second-order valence-corrected chi connectivity index (χ2v) is 8.31. The van der Waals surface area contributed by atoms with E-state index in [-0.39, 0.29) is 36.5 Å². The molecule has 2 aromatic carbocycles. The molecule has 8 nitrogen and oxygen atoms in total. The van der Waals surface area contributed by atoms with Crippen LogP contribution in [0.3, 0.4) is 0 Å². The maximum Gasteiger partial charge on any atom is 0.247 e. The van der Waals surface area contributed by atoms with Crippen molar-refractivity contribution in [1.82, 2.24) is 30.4 Å². The lowest BCUT2D eigenvalue weighted by atomic mass is 10.1. The second-order valence-electron chi connectivity index (χ2n) is 8.31. The van der Waals surface area contributed by atoms with Crippen molar-refractivity contribution in [1.29, 1.82) is 0 Å². The summed E-state index contributed by atoms with van der Waals surface area (Å²) in [6.45, 7) is 6.55. The highest BCUT2D eigenvalue weighted by atomic mass is 19.1. The third kappa shape index (κ3) is 6.93. The number of amides is 2. The van der Waals surface area contributed by atoms with Gasteiger partial charge in [-0.05, 0) is 54.3 Å². The Balaban J connectivity index is 1.73. The van der Waals surface area contributed by atoms with Crippen molar-refractivity contribution >= 4 is 11.8 Å². The maximum atomic E-state index is 13.2. The molecule has 33 heavy (non-hydrogen) atoms. The van der Waals surface area contributed by atoms with Crippen LogP contribution in [0.5, 0.6) is 0 Å². The van der Waals surface area contributed by atoms with Gasteiger partial charge in [0.25, 0.3) is 0 Å². The third-order valence-corrected chi connectivity index (χ3v) is 5.22. The van der Waals surface area contributed by atoms with Gasteiger partial charge < -0.3 is 10.2 Å². The summed E-state index contributed by atoms with van der Waals surface area (Å²) in [5, 5.41) is 15.1. The standard InChI is InChI=1S/C24H29FN6O2/c1-17(2)13-14-26-24(33)18(3)30(15-19-7-5-4-6-8-19)22(32)16-31-28-23(27-29-31)20-9-11-21(25)12-10-20/h4-12,17-18H,13-16H2,1-3H3,(H,26,33). The number of halogens is 1. The molecule has 1 aromatic heterocycles. The summed E-state index contributed by atoms with van der Waals surface area (Å²) in [7, 11) is 0. The van der Waals surface area contributed by atoms with Gasteiger partial charge >= 0.3 is 0 Å². The Bertz CT molecular complexity index is 1050. The van der Waals surface area contributed by atoms with Gasteiger partial charge in [-0.1, -0.05) is 44.2 Å². The van der Waals surface area contributed by atoms with E-state index >= 15 is 0 Å². The highest BCUT2D eigenvalue weighted by Gasteiger charge is 2.27. The topological polar surface area (TPSA) is 93.0 Å². The van der Waals surface area contributed by atoms with E-state index in [4.69, 9.17) is 0 Å². The highest BCUT2D eigenvalue weighted by Crippen LogP contribution is 2.14. The molecule has 1 unspecified atom stereocenters. The number of nitrogens with one attached hydrogen (secondary N) is 1. The van der Waals surface area contributed by atoms with Crippen LogP contribution in [0.15, 0.2) is 54.6 Å². The van der Waals surface area contributed by atoms with Crippen molar-refractivity contribution in [3.8, 4) is 11.4 Å². The van der Waals surface area contributed by atoms with Crippen LogP contribution in [0.4, 0.5) is 4.39 Å². The van der Waals surface area contributed by atoms with E-state index in [0.717, 1.165) is 12.0 Å². The summed E-state index contributed by atoms with van der Waals surface area (Å²) in [6, 6.07) is 14.5. The lowest BCUT2D eigenvalue weighted by Gasteiger charge is -2.28. The number of rotatable bonds is 10. The molecule has 174 valence electrons. The van der Waals surface area contributed by atoms with Crippen molar-refractivity contribution in [2.24, 2.45) is 5.92 Å². The molecule has 9 heteroatoms. The zero-order chi connectivity index (χ0) is 23.8. The monoisotopic (exact) mass is 452 g/mol. The molecule has 3 aromatic rings. The van der Waals surface area contributed by atoms with Gasteiger partial charge in [-0.2, -0.15) is 4.80 Å². The van der Waals surface area contributed by atoms with Crippen LogP contribution in [0.2, 0.25) is 0 Å². The van der Waals surface area contributed by atoms with Crippen LogP contribution in [0, 0.1) is 11.7 Å². The molecule has 0 bridgehead atoms. The lowest BCUT2D eigenvalue weighted by molar-refractivity contribution is -0.141. The first-order valence-corrected chi connectivity index (χ1v) is 11.0. The first-order chi connectivity index (χ1) is 15.8. The molecule has 0 radical (unpaired) electrons. The van der Waals surface area contributed by atoms with E-state index in [9.17, 15) is 14.0 Å². The van der Waals surface area contributed by atoms with Gasteiger partial charge in [-0.25, -0.2) is 4.39 Å². The number of carbonyl (C=O) groups excluding carboxylic acids is 2. The van der Waals surface area contributed by atoms with Gasteiger partial charge in [0.1, 0.15) is 18.4 Å². The summed E-state index contributed by atoms with van der Waals surface area (Å²) >= 11 is 0. The zero-order valence-corrected chi connectivity index (χ0v) is 19.1. The minimum Gasteiger partial charge on any atom is -0.354 e. The van der Waals surface area contributed by atoms with Crippen LogP contribution < -0.4 is 5.32 Å². The predicted molar refractivity (Wildman–Crippen MR) is 122 cm³/mol. The Morgan fingerprint density at radius 1 is 1.06 bits per heavy atom. The summed E-state index contributed by atoms with van der Waals surface area (Å²) in [4.78, 5) is 28.6. The third-order valence-electron chi connectivity index (χ3n) is 5.22. The highest BCUT2D eigenvalue weighted by molar-refractivity contribution is 5.87. The Morgan fingerprint density at radius 2 is 1.76 bits per heavy atom. The normalized spacial score (nSPS) is 11.9. The Labute approximate surface area is 192 Å². The number of carbonyl (C=O) groups is 2. The van der Waals surface area contributed by atoms with Crippen LogP contribution in [-0.4, -0.2) is 49.5 Å². The second kappa shape index (κ2) is 11.3. The minimum absolute atomic E-state index is 0.176. The molecule has 1 heterocycles. The molecule has 0 aliphatic heterocycles. The molecule has 0 fully saturated rings. The van der Waals surface area contributed by atoms with Crippen molar-refractivity contribution in [3.05, 3.63) is 66.0 Å². The molecule has 0 saturated carbocycles. The molecule has 0 spiro atoms. The molecular weight excluding hydrogens is 423 g/mol. The number of hydrogen-bond donors (Lipinski definition) is 1. The maximum absolute atomic E-state index is 13.2. The SMILES string of the molecule is CC(C)CCNC(=O)C(C)N(Cc1ccccc1)C(=O)Cn1nnc(-c2ccc(F)cc2)n1.